The Kier molecular flexibility index (Phi) is 7.29. The van der Waals surface area contributed by atoms with E-state index in [0.717, 1.165) is 35.5 Å². The number of amides is 1. The van der Waals surface area contributed by atoms with Crippen LogP contribution in [-0.2, 0) is 16.8 Å². The molecule has 1 heterocycles. The highest BCUT2D eigenvalue weighted by molar-refractivity contribution is 5.78. The van der Waals surface area contributed by atoms with Crippen molar-refractivity contribution in [2.24, 2.45) is 0 Å². The van der Waals surface area contributed by atoms with Gasteiger partial charge in [0.2, 0.25) is 0 Å². The number of hydrogen-bond acceptors (Lipinski definition) is 3. The lowest BCUT2D eigenvalue weighted by Crippen LogP contribution is -2.58. The number of rotatable bonds is 5. The zero-order valence-electron chi connectivity index (χ0n) is 20.5. The number of benzene rings is 2. The van der Waals surface area contributed by atoms with E-state index < -0.39 is 0 Å². The number of carbonyl (C=O) groups is 1. The summed E-state index contributed by atoms with van der Waals surface area (Å²) < 4.78 is 19.3. The monoisotopic (exact) mass is 440 g/mol. The first-order valence-corrected chi connectivity index (χ1v) is 11.5. The first-order chi connectivity index (χ1) is 15.0. The van der Waals surface area contributed by atoms with Crippen molar-refractivity contribution in [2.75, 3.05) is 19.7 Å². The quantitative estimate of drug-likeness (QED) is 0.637. The number of piperazine rings is 1. The van der Waals surface area contributed by atoms with Gasteiger partial charge in [-0.2, -0.15) is 0 Å². The lowest BCUT2D eigenvalue weighted by molar-refractivity contribution is -0.139. The largest absolute Gasteiger partial charge is 0.483 e. The first kappa shape index (κ1) is 24.2. The van der Waals surface area contributed by atoms with E-state index in [-0.39, 0.29) is 35.8 Å². The summed E-state index contributed by atoms with van der Waals surface area (Å²) in [5, 5.41) is 0. The van der Waals surface area contributed by atoms with Crippen molar-refractivity contribution in [1.82, 2.24) is 9.80 Å². The van der Waals surface area contributed by atoms with Gasteiger partial charge in [-0.3, -0.25) is 9.69 Å². The Labute approximate surface area is 192 Å². The molecule has 0 radical (unpaired) electrons. The summed E-state index contributed by atoms with van der Waals surface area (Å²) in [4.78, 5) is 17.4. The molecular weight excluding hydrogens is 403 g/mol. The van der Waals surface area contributed by atoms with Gasteiger partial charge in [0.15, 0.2) is 6.61 Å². The normalized spacial score (nSPS) is 19.8. The third-order valence-corrected chi connectivity index (χ3v) is 6.30. The zero-order valence-corrected chi connectivity index (χ0v) is 20.5. The van der Waals surface area contributed by atoms with Gasteiger partial charge in [-0.1, -0.05) is 50.6 Å². The van der Waals surface area contributed by atoms with Crippen molar-refractivity contribution >= 4 is 5.91 Å². The molecule has 0 bridgehead atoms. The predicted molar refractivity (Wildman–Crippen MR) is 128 cm³/mol. The van der Waals surface area contributed by atoms with Crippen molar-refractivity contribution in [2.45, 2.75) is 72.5 Å². The van der Waals surface area contributed by atoms with Crippen molar-refractivity contribution in [3.63, 3.8) is 0 Å². The van der Waals surface area contributed by atoms with E-state index in [1.165, 1.54) is 17.7 Å². The van der Waals surface area contributed by atoms with Crippen LogP contribution >= 0.6 is 0 Å². The summed E-state index contributed by atoms with van der Waals surface area (Å²) in [6.07, 6.45) is 0. The molecule has 32 heavy (non-hydrogen) atoms. The molecule has 0 spiro atoms. The number of halogens is 1. The average Bonchev–Trinajstić information content (AvgIpc) is 2.70. The highest BCUT2D eigenvalue weighted by Gasteiger charge is 2.32. The molecule has 1 fully saturated rings. The molecule has 0 unspecified atom stereocenters. The van der Waals surface area contributed by atoms with Crippen molar-refractivity contribution in [3.8, 4) is 5.75 Å². The molecule has 5 heteroatoms. The number of aryl methyl sites for hydroxylation is 2. The Bertz CT molecular complexity index is 949. The van der Waals surface area contributed by atoms with Crippen LogP contribution in [0.1, 0.15) is 56.9 Å². The van der Waals surface area contributed by atoms with E-state index in [4.69, 9.17) is 4.74 Å². The number of nitrogens with zero attached hydrogens (tertiary/aromatic N) is 2. The van der Waals surface area contributed by atoms with Crippen LogP contribution in [0.3, 0.4) is 0 Å². The van der Waals surface area contributed by atoms with Crippen LogP contribution in [0.25, 0.3) is 0 Å². The van der Waals surface area contributed by atoms with Gasteiger partial charge in [-0.05, 0) is 56.4 Å². The summed E-state index contributed by atoms with van der Waals surface area (Å²) >= 11 is 0. The maximum Gasteiger partial charge on any atom is 0.260 e. The molecule has 0 saturated carbocycles. The van der Waals surface area contributed by atoms with Gasteiger partial charge in [-0.25, -0.2) is 4.39 Å². The standard InChI is InChI=1S/C27H37FN2O2/c1-18-12-19(2)26(24(13-18)27(5,6)7)32-17-25(31)30-15-20(3)29(14-21(30)4)16-22-8-10-23(28)11-9-22/h8-13,20-21H,14-17H2,1-7H3/t20-,21+/m0/s1. The molecule has 1 aliphatic rings. The van der Waals surface area contributed by atoms with E-state index in [1.807, 2.05) is 24.0 Å². The van der Waals surface area contributed by atoms with E-state index in [9.17, 15) is 9.18 Å². The molecule has 4 nitrogen and oxygen atoms in total. The predicted octanol–water partition coefficient (Wildman–Crippen LogP) is 5.24. The summed E-state index contributed by atoms with van der Waals surface area (Å²) in [6.45, 7) is 17.1. The topological polar surface area (TPSA) is 32.8 Å². The molecule has 0 N–H and O–H groups in total. The van der Waals surface area contributed by atoms with Crippen LogP contribution in [0.4, 0.5) is 4.39 Å². The van der Waals surface area contributed by atoms with E-state index in [2.05, 4.69) is 58.6 Å². The minimum atomic E-state index is -0.219. The van der Waals surface area contributed by atoms with Crippen LogP contribution in [0.5, 0.6) is 5.75 Å². The lowest BCUT2D eigenvalue weighted by atomic mass is 9.84. The van der Waals surface area contributed by atoms with Crippen molar-refractivity contribution in [3.05, 3.63) is 64.5 Å². The lowest BCUT2D eigenvalue weighted by Gasteiger charge is -2.44. The van der Waals surface area contributed by atoms with E-state index in [0.29, 0.717) is 6.54 Å². The van der Waals surface area contributed by atoms with Gasteiger partial charge in [0.25, 0.3) is 5.91 Å². The molecule has 0 aliphatic carbocycles. The van der Waals surface area contributed by atoms with Gasteiger partial charge in [0.1, 0.15) is 11.6 Å². The molecule has 0 aromatic heterocycles. The average molecular weight is 441 g/mol. The minimum absolute atomic E-state index is 0.0191. The Morgan fingerprint density at radius 1 is 1.06 bits per heavy atom. The third kappa shape index (κ3) is 5.69. The fourth-order valence-electron chi connectivity index (χ4n) is 4.51. The maximum atomic E-state index is 13.2. The Balaban J connectivity index is 1.65. The summed E-state index contributed by atoms with van der Waals surface area (Å²) in [5.74, 6) is 0.627. The van der Waals surface area contributed by atoms with Gasteiger partial charge in [0, 0.05) is 37.3 Å². The first-order valence-electron chi connectivity index (χ1n) is 11.5. The van der Waals surface area contributed by atoms with Gasteiger partial charge >= 0.3 is 0 Å². The highest BCUT2D eigenvalue weighted by Crippen LogP contribution is 2.35. The van der Waals surface area contributed by atoms with Gasteiger partial charge in [0.05, 0.1) is 0 Å². The van der Waals surface area contributed by atoms with Crippen LogP contribution in [0.2, 0.25) is 0 Å². The van der Waals surface area contributed by atoms with E-state index in [1.54, 1.807) is 0 Å². The van der Waals surface area contributed by atoms with E-state index >= 15 is 0 Å². The number of carbonyl (C=O) groups excluding carboxylic acids is 1. The molecule has 2 atom stereocenters. The van der Waals surface area contributed by atoms with Crippen LogP contribution in [-0.4, -0.2) is 47.5 Å². The summed E-state index contributed by atoms with van der Waals surface area (Å²) in [7, 11) is 0. The van der Waals surface area contributed by atoms with Crippen LogP contribution in [0.15, 0.2) is 36.4 Å². The smallest absolute Gasteiger partial charge is 0.260 e. The van der Waals surface area contributed by atoms with Gasteiger partial charge in [-0.15, -0.1) is 0 Å². The molecule has 1 amide bonds. The summed E-state index contributed by atoms with van der Waals surface area (Å²) in [5.41, 5.74) is 4.41. The van der Waals surface area contributed by atoms with Crippen molar-refractivity contribution in [1.29, 1.82) is 0 Å². The second-order valence-corrected chi connectivity index (χ2v) is 10.3. The summed E-state index contributed by atoms with van der Waals surface area (Å²) in [6, 6.07) is 11.2. The highest BCUT2D eigenvalue weighted by atomic mass is 19.1. The SMILES string of the molecule is Cc1cc(C)c(OCC(=O)N2C[C@H](C)N(Cc3ccc(F)cc3)C[C@H]2C)c(C(C)(C)C)c1. The minimum Gasteiger partial charge on any atom is -0.483 e. The van der Waals surface area contributed by atoms with Crippen molar-refractivity contribution < 1.29 is 13.9 Å². The molecule has 1 saturated heterocycles. The Hall–Kier alpha value is -2.40. The van der Waals surface area contributed by atoms with Crippen LogP contribution in [0, 0.1) is 19.7 Å². The fraction of sp³-hybridized carbons (Fsp3) is 0.519. The Morgan fingerprint density at radius 2 is 1.72 bits per heavy atom. The molecule has 3 rings (SSSR count). The number of ether oxygens (including phenoxy) is 1. The molecule has 2 aromatic rings. The molecule has 1 aliphatic heterocycles. The zero-order chi connectivity index (χ0) is 23.6. The Morgan fingerprint density at radius 3 is 2.34 bits per heavy atom. The molecule has 174 valence electrons. The second-order valence-electron chi connectivity index (χ2n) is 10.3. The molecular formula is C27H37FN2O2. The second kappa shape index (κ2) is 9.62. The fourth-order valence-corrected chi connectivity index (χ4v) is 4.51. The number of hydrogen-bond donors (Lipinski definition) is 0. The third-order valence-electron chi connectivity index (χ3n) is 6.30. The maximum absolute atomic E-state index is 13.2. The van der Waals surface area contributed by atoms with Gasteiger partial charge < -0.3 is 9.64 Å². The van der Waals surface area contributed by atoms with Crippen LogP contribution < -0.4 is 4.74 Å². The molecule has 2 aromatic carbocycles.